The lowest BCUT2D eigenvalue weighted by Gasteiger charge is -2.15. The van der Waals surface area contributed by atoms with Crippen molar-refractivity contribution >= 4 is 39.1 Å². The van der Waals surface area contributed by atoms with Gasteiger partial charge in [0, 0.05) is 12.6 Å². The van der Waals surface area contributed by atoms with Gasteiger partial charge in [-0.3, -0.25) is 4.79 Å². The fourth-order valence-electron chi connectivity index (χ4n) is 2.06. The van der Waals surface area contributed by atoms with E-state index in [4.69, 9.17) is 23.2 Å². The first-order valence-electron chi connectivity index (χ1n) is 7.52. The largest absolute Gasteiger partial charge is 0.352 e. The summed E-state index contributed by atoms with van der Waals surface area (Å²) < 4.78 is 27.5. The molecule has 5 nitrogen and oxygen atoms in total. The smallest absolute Gasteiger partial charge is 0.252 e. The summed E-state index contributed by atoms with van der Waals surface area (Å²) in [6, 6.07) is 2.27. The fourth-order valence-corrected chi connectivity index (χ4v) is 4.20. The van der Waals surface area contributed by atoms with Crippen molar-refractivity contribution < 1.29 is 13.2 Å². The number of hydrogen-bond donors (Lipinski definition) is 2. The number of sulfonamides is 1. The zero-order valence-corrected chi connectivity index (χ0v) is 15.8. The second-order valence-corrected chi connectivity index (χ2v) is 7.83. The first-order chi connectivity index (χ1) is 10.7. The van der Waals surface area contributed by atoms with Gasteiger partial charge in [0.1, 0.15) is 4.90 Å². The van der Waals surface area contributed by atoms with Crippen LogP contribution in [-0.2, 0) is 10.0 Å². The molecule has 0 aliphatic rings. The molecule has 0 aliphatic carbocycles. The van der Waals surface area contributed by atoms with E-state index >= 15 is 0 Å². The third-order valence-corrected chi connectivity index (χ3v) is 5.54. The molecular formula is C15H22Cl2N2O3S. The molecule has 0 aromatic heterocycles. The molecule has 0 unspecified atom stereocenters. The summed E-state index contributed by atoms with van der Waals surface area (Å²) in [5.74, 6) is -0.424. The van der Waals surface area contributed by atoms with Gasteiger partial charge in [-0.1, -0.05) is 43.5 Å². The van der Waals surface area contributed by atoms with E-state index in [2.05, 4.69) is 10.0 Å². The van der Waals surface area contributed by atoms with Crippen LogP contribution < -0.4 is 10.0 Å². The normalized spacial score (nSPS) is 12.9. The average molecular weight is 381 g/mol. The van der Waals surface area contributed by atoms with Gasteiger partial charge in [-0.25, -0.2) is 13.1 Å². The minimum absolute atomic E-state index is 0.0155. The van der Waals surface area contributed by atoms with Crippen LogP contribution in [0.3, 0.4) is 0 Å². The van der Waals surface area contributed by atoms with Gasteiger partial charge in [0.2, 0.25) is 10.0 Å². The predicted octanol–water partition coefficient (Wildman–Crippen LogP) is 3.60. The maximum absolute atomic E-state index is 12.5. The summed E-state index contributed by atoms with van der Waals surface area (Å²) in [5, 5.41) is 2.77. The standard InChI is InChI=1S/C15H22Cl2N2O3S/c1-4-6-10(3)19-23(21,22)14-8-11(12(16)9-13(14)17)15(20)18-7-5-2/h8-10,19H,4-7H2,1-3H3,(H,18,20)/t10-/m1/s1. The molecule has 0 aliphatic heterocycles. The van der Waals surface area contributed by atoms with E-state index < -0.39 is 15.9 Å². The minimum atomic E-state index is -3.83. The van der Waals surface area contributed by atoms with E-state index in [1.165, 1.54) is 12.1 Å². The van der Waals surface area contributed by atoms with Crippen LogP contribution >= 0.6 is 23.2 Å². The predicted molar refractivity (Wildman–Crippen MR) is 93.8 cm³/mol. The number of nitrogens with one attached hydrogen (secondary N) is 2. The van der Waals surface area contributed by atoms with Crippen molar-refractivity contribution in [2.24, 2.45) is 0 Å². The Morgan fingerprint density at radius 1 is 1.17 bits per heavy atom. The van der Waals surface area contributed by atoms with Gasteiger partial charge in [-0.15, -0.1) is 0 Å². The second-order valence-electron chi connectivity index (χ2n) is 5.33. The van der Waals surface area contributed by atoms with Crippen LogP contribution in [-0.4, -0.2) is 26.9 Å². The van der Waals surface area contributed by atoms with Crippen molar-refractivity contribution in [1.29, 1.82) is 0 Å². The molecule has 0 heterocycles. The van der Waals surface area contributed by atoms with Crippen LogP contribution in [0, 0.1) is 0 Å². The van der Waals surface area contributed by atoms with Crippen LogP contribution in [0.5, 0.6) is 0 Å². The molecule has 0 spiro atoms. The van der Waals surface area contributed by atoms with E-state index in [1.807, 2.05) is 13.8 Å². The molecule has 0 radical (unpaired) electrons. The molecule has 1 amide bonds. The van der Waals surface area contributed by atoms with Crippen molar-refractivity contribution in [2.75, 3.05) is 6.54 Å². The Labute approximate surface area is 147 Å². The number of hydrogen-bond acceptors (Lipinski definition) is 3. The van der Waals surface area contributed by atoms with Gasteiger partial charge in [-0.05, 0) is 31.9 Å². The number of amides is 1. The van der Waals surface area contributed by atoms with E-state index in [-0.39, 0.29) is 26.5 Å². The summed E-state index contributed by atoms with van der Waals surface area (Å²) in [5.41, 5.74) is 0.0908. The Balaban J connectivity index is 3.18. The van der Waals surface area contributed by atoms with Crippen LogP contribution in [0.25, 0.3) is 0 Å². The lowest BCUT2D eigenvalue weighted by Crippen LogP contribution is -2.33. The summed E-state index contributed by atoms with van der Waals surface area (Å²) in [6.07, 6.45) is 2.31. The molecule has 23 heavy (non-hydrogen) atoms. The Bertz CT molecular complexity index is 663. The van der Waals surface area contributed by atoms with Gasteiger partial charge in [-0.2, -0.15) is 0 Å². The molecule has 1 rings (SSSR count). The maximum atomic E-state index is 12.5. The van der Waals surface area contributed by atoms with E-state index in [0.29, 0.717) is 13.0 Å². The van der Waals surface area contributed by atoms with E-state index in [0.717, 1.165) is 12.8 Å². The first-order valence-corrected chi connectivity index (χ1v) is 9.76. The highest BCUT2D eigenvalue weighted by atomic mass is 35.5. The monoisotopic (exact) mass is 380 g/mol. The van der Waals surface area contributed by atoms with Gasteiger partial charge in [0.15, 0.2) is 0 Å². The van der Waals surface area contributed by atoms with Crippen molar-refractivity contribution in [1.82, 2.24) is 10.0 Å². The van der Waals surface area contributed by atoms with Crippen molar-refractivity contribution in [3.05, 3.63) is 27.7 Å². The van der Waals surface area contributed by atoms with Crippen LogP contribution in [0.1, 0.15) is 50.4 Å². The number of benzene rings is 1. The van der Waals surface area contributed by atoms with Crippen LogP contribution in [0.4, 0.5) is 0 Å². The highest BCUT2D eigenvalue weighted by Gasteiger charge is 2.23. The quantitative estimate of drug-likeness (QED) is 0.723. The summed E-state index contributed by atoms with van der Waals surface area (Å²) in [6.45, 7) is 6.14. The number of rotatable bonds is 8. The van der Waals surface area contributed by atoms with Crippen LogP contribution in [0.2, 0.25) is 10.0 Å². The van der Waals surface area contributed by atoms with Gasteiger partial charge < -0.3 is 5.32 Å². The third kappa shape index (κ3) is 5.64. The highest BCUT2D eigenvalue weighted by molar-refractivity contribution is 7.89. The molecule has 130 valence electrons. The van der Waals surface area contributed by atoms with Crippen molar-refractivity contribution in [3.63, 3.8) is 0 Å². The summed E-state index contributed by atoms with van der Waals surface area (Å²) in [4.78, 5) is 11.9. The van der Waals surface area contributed by atoms with Crippen molar-refractivity contribution in [2.45, 2.75) is 51.0 Å². The topological polar surface area (TPSA) is 75.3 Å². The molecule has 0 saturated heterocycles. The molecule has 0 saturated carbocycles. The average Bonchev–Trinajstić information content (AvgIpc) is 2.44. The van der Waals surface area contributed by atoms with Gasteiger partial charge >= 0.3 is 0 Å². The zero-order chi connectivity index (χ0) is 17.6. The SMILES string of the molecule is CCCNC(=O)c1cc(S(=O)(=O)N[C@H](C)CCC)c(Cl)cc1Cl. The number of carbonyl (C=O) groups is 1. The molecule has 1 aromatic carbocycles. The van der Waals surface area contributed by atoms with E-state index in [9.17, 15) is 13.2 Å². The van der Waals surface area contributed by atoms with E-state index in [1.54, 1.807) is 6.92 Å². The molecule has 0 fully saturated rings. The number of halogens is 2. The molecular weight excluding hydrogens is 359 g/mol. The highest BCUT2D eigenvalue weighted by Crippen LogP contribution is 2.29. The maximum Gasteiger partial charge on any atom is 0.252 e. The third-order valence-electron chi connectivity index (χ3n) is 3.17. The van der Waals surface area contributed by atoms with Crippen molar-refractivity contribution in [3.8, 4) is 0 Å². The molecule has 2 N–H and O–H groups in total. The molecule has 8 heteroatoms. The lowest BCUT2D eigenvalue weighted by atomic mass is 10.2. The Hall–Kier alpha value is -0.820. The first kappa shape index (κ1) is 20.2. The Morgan fingerprint density at radius 3 is 2.39 bits per heavy atom. The Morgan fingerprint density at radius 2 is 1.83 bits per heavy atom. The zero-order valence-electron chi connectivity index (χ0n) is 13.4. The summed E-state index contributed by atoms with van der Waals surface area (Å²) >= 11 is 12.0. The van der Waals surface area contributed by atoms with Crippen LogP contribution in [0.15, 0.2) is 17.0 Å². The minimum Gasteiger partial charge on any atom is -0.352 e. The second kappa shape index (κ2) is 8.87. The molecule has 1 aromatic rings. The molecule has 1 atom stereocenters. The van der Waals surface area contributed by atoms with Gasteiger partial charge in [0.05, 0.1) is 15.6 Å². The fraction of sp³-hybridized carbons (Fsp3) is 0.533. The number of carbonyl (C=O) groups excluding carboxylic acids is 1. The van der Waals surface area contributed by atoms with Gasteiger partial charge in [0.25, 0.3) is 5.91 Å². The summed E-state index contributed by atoms with van der Waals surface area (Å²) in [7, 11) is -3.83. The lowest BCUT2D eigenvalue weighted by molar-refractivity contribution is 0.0953. The Kier molecular flexibility index (Phi) is 7.80. The molecule has 0 bridgehead atoms.